The maximum atomic E-state index is 12.7. The summed E-state index contributed by atoms with van der Waals surface area (Å²) in [4.78, 5) is 17.4. The van der Waals surface area contributed by atoms with Crippen LogP contribution in [0.25, 0.3) is 10.2 Å². The van der Waals surface area contributed by atoms with Gasteiger partial charge in [-0.3, -0.25) is 4.79 Å². The Balaban J connectivity index is 1.62. The van der Waals surface area contributed by atoms with Gasteiger partial charge in [0.05, 0.1) is 29.7 Å². The van der Waals surface area contributed by atoms with Gasteiger partial charge in [0, 0.05) is 5.56 Å². The Morgan fingerprint density at radius 1 is 1.17 bits per heavy atom. The number of rotatable bonds is 4. The van der Waals surface area contributed by atoms with Crippen LogP contribution in [0.1, 0.15) is 15.9 Å². The topological polar surface area (TPSA) is 48.4 Å². The molecule has 2 aromatic carbocycles. The Morgan fingerprint density at radius 3 is 2.67 bits per heavy atom. The molecule has 0 bridgehead atoms. The molecule has 0 radical (unpaired) electrons. The molecule has 1 aliphatic rings. The second-order valence-corrected chi connectivity index (χ2v) is 7.97. The molecule has 6 heteroatoms. The highest BCUT2D eigenvalue weighted by Gasteiger charge is 2.33. The third-order valence-corrected chi connectivity index (χ3v) is 6.42. The van der Waals surface area contributed by atoms with Crippen LogP contribution in [-0.2, 0) is 6.42 Å². The number of fused-ring (bicyclic) bond motifs is 2. The molecule has 3 aromatic rings. The number of ether oxygens (including phenoxy) is 2. The van der Waals surface area contributed by atoms with Crippen LogP contribution in [0.2, 0.25) is 0 Å². The molecular formula is C18H15NO3S2. The molecule has 0 saturated carbocycles. The zero-order valence-corrected chi connectivity index (χ0v) is 14.9. The summed E-state index contributed by atoms with van der Waals surface area (Å²) in [6.45, 7) is 0. The number of methoxy groups -OCH3 is 2. The molecule has 1 unspecified atom stereocenters. The fraction of sp³-hybridized carbons (Fsp3) is 0.222. The van der Waals surface area contributed by atoms with Crippen LogP contribution in [-0.4, -0.2) is 30.2 Å². The molecule has 4 rings (SSSR count). The second kappa shape index (κ2) is 6.11. The van der Waals surface area contributed by atoms with Gasteiger partial charge in [-0.05, 0) is 36.2 Å². The molecule has 0 spiro atoms. The summed E-state index contributed by atoms with van der Waals surface area (Å²) >= 11 is 3.18. The SMILES string of the molecule is COc1cc2c(cc1OC)C(=O)C(Sc1nc3ccccc3s1)C2. The monoisotopic (exact) mass is 357 g/mol. The molecule has 24 heavy (non-hydrogen) atoms. The summed E-state index contributed by atoms with van der Waals surface area (Å²) in [7, 11) is 3.19. The quantitative estimate of drug-likeness (QED) is 0.700. The van der Waals surface area contributed by atoms with E-state index < -0.39 is 0 Å². The number of para-hydroxylation sites is 1. The van der Waals surface area contributed by atoms with E-state index in [0.29, 0.717) is 17.9 Å². The van der Waals surface area contributed by atoms with E-state index in [9.17, 15) is 4.79 Å². The van der Waals surface area contributed by atoms with Crippen molar-refractivity contribution in [2.45, 2.75) is 16.0 Å². The van der Waals surface area contributed by atoms with E-state index in [1.54, 1.807) is 43.4 Å². The van der Waals surface area contributed by atoms with Gasteiger partial charge < -0.3 is 9.47 Å². The number of hydrogen-bond acceptors (Lipinski definition) is 6. The lowest BCUT2D eigenvalue weighted by Crippen LogP contribution is -2.10. The third kappa shape index (κ3) is 2.56. The Morgan fingerprint density at radius 2 is 1.92 bits per heavy atom. The van der Waals surface area contributed by atoms with Crippen LogP contribution in [0.15, 0.2) is 40.7 Å². The summed E-state index contributed by atoms with van der Waals surface area (Å²) in [6.07, 6.45) is 0.690. The molecule has 0 N–H and O–H groups in total. The van der Waals surface area contributed by atoms with E-state index in [-0.39, 0.29) is 11.0 Å². The van der Waals surface area contributed by atoms with E-state index in [2.05, 4.69) is 11.1 Å². The molecule has 0 saturated heterocycles. The van der Waals surface area contributed by atoms with Crippen LogP contribution in [0, 0.1) is 0 Å². The smallest absolute Gasteiger partial charge is 0.177 e. The number of ketones is 1. The number of benzene rings is 2. The Kier molecular flexibility index (Phi) is 3.94. The minimum atomic E-state index is -0.141. The fourth-order valence-electron chi connectivity index (χ4n) is 2.90. The van der Waals surface area contributed by atoms with Crippen molar-refractivity contribution in [1.82, 2.24) is 4.98 Å². The van der Waals surface area contributed by atoms with Crippen molar-refractivity contribution in [3.05, 3.63) is 47.5 Å². The Labute approximate surface area is 147 Å². The first kappa shape index (κ1) is 15.5. The number of nitrogens with zero attached hydrogens (tertiary/aromatic N) is 1. The first-order valence-corrected chi connectivity index (χ1v) is 9.20. The Bertz CT molecular complexity index is 902. The van der Waals surface area contributed by atoms with Gasteiger partial charge in [0.25, 0.3) is 0 Å². The average molecular weight is 357 g/mol. The predicted octanol–water partition coefficient (Wildman–Crippen LogP) is 4.21. The lowest BCUT2D eigenvalue weighted by Gasteiger charge is -2.09. The first-order chi connectivity index (χ1) is 11.7. The molecule has 0 fully saturated rings. The van der Waals surface area contributed by atoms with Crippen molar-refractivity contribution >= 4 is 39.1 Å². The molecular weight excluding hydrogens is 342 g/mol. The average Bonchev–Trinajstić information content (AvgIpc) is 3.14. The van der Waals surface area contributed by atoms with Crippen LogP contribution >= 0.6 is 23.1 Å². The van der Waals surface area contributed by atoms with Crippen LogP contribution in [0.5, 0.6) is 11.5 Å². The molecule has 1 aromatic heterocycles. The van der Waals surface area contributed by atoms with Gasteiger partial charge in [0.2, 0.25) is 0 Å². The zero-order valence-electron chi connectivity index (χ0n) is 13.2. The number of hydrogen-bond donors (Lipinski definition) is 0. The number of carbonyl (C=O) groups excluding carboxylic acids is 1. The van der Waals surface area contributed by atoms with Crippen molar-refractivity contribution in [1.29, 1.82) is 0 Å². The fourth-order valence-corrected chi connectivity index (χ4v) is 5.30. The maximum absolute atomic E-state index is 12.7. The van der Waals surface area contributed by atoms with Crippen LogP contribution in [0.3, 0.4) is 0 Å². The molecule has 0 amide bonds. The highest BCUT2D eigenvalue weighted by atomic mass is 32.2. The summed E-state index contributed by atoms with van der Waals surface area (Å²) in [6, 6.07) is 11.7. The summed E-state index contributed by atoms with van der Waals surface area (Å²) in [5.41, 5.74) is 2.72. The highest BCUT2D eigenvalue weighted by molar-refractivity contribution is 8.02. The number of Topliss-reactive ketones (excluding diaryl/α,β-unsaturated/α-hetero) is 1. The largest absolute Gasteiger partial charge is 0.493 e. The van der Waals surface area contributed by atoms with Gasteiger partial charge in [-0.25, -0.2) is 4.98 Å². The predicted molar refractivity (Wildman–Crippen MR) is 96.8 cm³/mol. The molecule has 0 aliphatic heterocycles. The Hall–Kier alpha value is -2.05. The molecule has 1 heterocycles. The zero-order chi connectivity index (χ0) is 16.7. The first-order valence-electron chi connectivity index (χ1n) is 7.51. The van der Waals surface area contributed by atoms with Gasteiger partial charge in [-0.15, -0.1) is 11.3 Å². The highest BCUT2D eigenvalue weighted by Crippen LogP contribution is 2.41. The van der Waals surface area contributed by atoms with Gasteiger partial charge in [-0.2, -0.15) is 0 Å². The number of carbonyl (C=O) groups is 1. The standard InChI is InChI=1S/C18H15NO3S2/c1-21-13-7-10-8-16(17(20)11(10)9-14(13)22-2)24-18-19-12-5-3-4-6-15(12)23-18/h3-7,9,16H,8H2,1-2H3. The summed E-state index contributed by atoms with van der Waals surface area (Å²) in [5.74, 6) is 1.39. The van der Waals surface area contributed by atoms with Crippen LogP contribution in [0.4, 0.5) is 0 Å². The second-order valence-electron chi connectivity index (χ2n) is 5.49. The summed E-state index contributed by atoms with van der Waals surface area (Å²) < 4.78 is 12.7. The minimum Gasteiger partial charge on any atom is -0.493 e. The molecule has 4 nitrogen and oxygen atoms in total. The van der Waals surface area contributed by atoms with Gasteiger partial charge in [-0.1, -0.05) is 23.9 Å². The maximum Gasteiger partial charge on any atom is 0.177 e. The number of thioether (sulfide) groups is 1. The van der Waals surface area contributed by atoms with Crippen molar-refractivity contribution in [3.63, 3.8) is 0 Å². The van der Waals surface area contributed by atoms with Crippen molar-refractivity contribution in [2.24, 2.45) is 0 Å². The van der Waals surface area contributed by atoms with E-state index in [4.69, 9.17) is 9.47 Å². The lowest BCUT2D eigenvalue weighted by atomic mass is 10.1. The van der Waals surface area contributed by atoms with Crippen molar-refractivity contribution in [2.75, 3.05) is 14.2 Å². The van der Waals surface area contributed by atoms with E-state index in [1.165, 1.54) is 0 Å². The summed E-state index contributed by atoms with van der Waals surface area (Å²) in [5, 5.41) is -0.141. The molecule has 1 atom stereocenters. The van der Waals surface area contributed by atoms with Gasteiger partial charge in [0.15, 0.2) is 21.6 Å². The van der Waals surface area contributed by atoms with Gasteiger partial charge in [0.1, 0.15) is 0 Å². The lowest BCUT2D eigenvalue weighted by molar-refractivity contribution is 0.1000. The normalized spacial score (nSPS) is 16.4. The minimum absolute atomic E-state index is 0.134. The number of aromatic nitrogens is 1. The molecule has 122 valence electrons. The van der Waals surface area contributed by atoms with E-state index >= 15 is 0 Å². The molecule has 1 aliphatic carbocycles. The van der Waals surface area contributed by atoms with E-state index in [1.807, 2.05) is 24.3 Å². The third-order valence-electron chi connectivity index (χ3n) is 4.09. The van der Waals surface area contributed by atoms with Crippen molar-refractivity contribution in [3.8, 4) is 11.5 Å². The van der Waals surface area contributed by atoms with E-state index in [0.717, 1.165) is 25.7 Å². The van der Waals surface area contributed by atoms with Crippen LogP contribution < -0.4 is 9.47 Å². The van der Waals surface area contributed by atoms with Crippen molar-refractivity contribution < 1.29 is 14.3 Å². The van der Waals surface area contributed by atoms with Gasteiger partial charge >= 0.3 is 0 Å². The number of thiazole rings is 1.